The molecule has 3 heterocycles. The summed E-state index contributed by atoms with van der Waals surface area (Å²) in [4.78, 5) is 29.9. The minimum absolute atomic E-state index is 0.0718. The van der Waals surface area contributed by atoms with Gasteiger partial charge in [-0.05, 0) is 49.6 Å². The number of amides is 1. The molecule has 0 aliphatic rings. The zero-order valence-corrected chi connectivity index (χ0v) is 18.4. The van der Waals surface area contributed by atoms with Crippen LogP contribution in [0.25, 0.3) is 27.9 Å². The van der Waals surface area contributed by atoms with Gasteiger partial charge in [0.25, 0.3) is 5.91 Å². The Kier molecular flexibility index (Phi) is 4.84. The molecule has 5 aromatic rings. The number of hydrogen-bond donors (Lipinski definition) is 3. The fourth-order valence-corrected chi connectivity index (χ4v) is 3.93. The number of benzene rings is 2. The molecule has 0 aliphatic carbocycles. The molecule has 2 aromatic carbocycles. The van der Waals surface area contributed by atoms with Gasteiger partial charge in [0.2, 0.25) is 0 Å². The van der Waals surface area contributed by atoms with Gasteiger partial charge in [-0.2, -0.15) is 0 Å². The van der Waals surface area contributed by atoms with E-state index >= 15 is 0 Å². The Morgan fingerprint density at radius 1 is 1.06 bits per heavy atom. The van der Waals surface area contributed by atoms with Gasteiger partial charge in [-0.3, -0.25) is 14.3 Å². The van der Waals surface area contributed by atoms with Gasteiger partial charge in [0.15, 0.2) is 5.65 Å². The SMILES string of the molecule is Cc1ccc(O)c(C)c1-n1c(N)c(C(N)=O)c2nc3cc(C#Cc4cnccn4)ccc3nc21. The smallest absolute Gasteiger partial charge is 0.254 e. The summed E-state index contributed by atoms with van der Waals surface area (Å²) < 4.78 is 1.62. The van der Waals surface area contributed by atoms with Crippen molar-refractivity contribution >= 4 is 33.9 Å². The number of anilines is 1. The van der Waals surface area contributed by atoms with Crippen LogP contribution in [-0.2, 0) is 0 Å². The van der Waals surface area contributed by atoms with Crippen molar-refractivity contribution in [2.24, 2.45) is 5.73 Å². The number of fused-ring (bicyclic) bond motifs is 2. The van der Waals surface area contributed by atoms with E-state index in [1.54, 1.807) is 54.3 Å². The van der Waals surface area contributed by atoms with Gasteiger partial charge in [0, 0.05) is 23.5 Å². The summed E-state index contributed by atoms with van der Waals surface area (Å²) in [5, 5.41) is 10.3. The number of nitrogen functional groups attached to an aromatic ring is 1. The second-order valence-corrected chi connectivity index (χ2v) is 7.78. The highest BCUT2D eigenvalue weighted by Crippen LogP contribution is 2.35. The molecule has 0 unspecified atom stereocenters. The lowest BCUT2D eigenvalue weighted by molar-refractivity contribution is 0.100. The van der Waals surface area contributed by atoms with Crippen LogP contribution >= 0.6 is 0 Å². The molecule has 1 amide bonds. The molecule has 3 aromatic heterocycles. The average Bonchev–Trinajstić information content (AvgIpc) is 3.10. The first-order chi connectivity index (χ1) is 16.3. The number of carbonyl (C=O) groups is 1. The highest BCUT2D eigenvalue weighted by molar-refractivity contribution is 6.10. The molecule has 9 heteroatoms. The first-order valence-corrected chi connectivity index (χ1v) is 10.3. The van der Waals surface area contributed by atoms with Crippen molar-refractivity contribution in [1.29, 1.82) is 0 Å². The van der Waals surface area contributed by atoms with E-state index in [1.165, 1.54) is 0 Å². The van der Waals surface area contributed by atoms with Crippen LogP contribution in [0, 0.1) is 25.7 Å². The maximum Gasteiger partial charge on any atom is 0.254 e. The Hall–Kier alpha value is -4.97. The molecule has 0 saturated carbocycles. The molecule has 5 N–H and O–H groups in total. The van der Waals surface area contributed by atoms with E-state index in [4.69, 9.17) is 16.5 Å². The topological polar surface area (TPSA) is 146 Å². The Bertz CT molecular complexity index is 1680. The predicted octanol–water partition coefficient (Wildman–Crippen LogP) is 2.77. The Morgan fingerprint density at radius 2 is 1.88 bits per heavy atom. The van der Waals surface area contributed by atoms with Gasteiger partial charge in [-0.15, -0.1) is 0 Å². The van der Waals surface area contributed by atoms with E-state index in [1.807, 2.05) is 13.0 Å². The summed E-state index contributed by atoms with van der Waals surface area (Å²) in [5.74, 6) is 5.47. The highest BCUT2D eigenvalue weighted by atomic mass is 16.3. The summed E-state index contributed by atoms with van der Waals surface area (Å²) in [6, 6.07) is 8.76. The molecule has 0 atom stereocenters. The van der Waals surface area contributed by atoms with Gasteiger partial charge in [0.05, 0.1) is 22.9 Å². The third-order valence-electron chi connectivity index (χ3n) is 5.56. The number of carbonyl (C=O) groups excluding carboxylic acids is 1. The van der Waals surface area contributed by atoms with Crippen LogP contribution in [0.1, 0.15) is 32.7 Å². The van der Waals surface area contributed by atoms with Crippen LogP contribution in [0.4, 0.5) is 5.82 Å². The fourth-order valence-electron chi connectivity index (χ4n) is 3.93. The fraction of sp³-hybridized carbons (Fsp3) is 0.0800. The van der Waals surface area contributed by atoms with E-state index in [9.17, 15) is 9.90 Å². The second kappa shape index (κ2) is 7.86. The molecule has 9 nitrogen and oxygen atoms in total. The van der Waals surface area contributed by atoms with Crippen LogP contribution in [-0.4, -0.2) is 35.5 Å². The number of aromatic hydroxyl groups is 1. The number of nitrogens with zero attached hydrogens (tertiary/aromatic N) is 5. The Labute approximate surface area is 194 Å². The quantitative estimate of drug-likeness (QED) is 0.351. The molecule has 166 valence electrons. The van der Waals surface area contributed by atoms with Gasteiger partial charge >= 0.3 is 0 Å². The summed E-state index contributed by atoms with van der Waals surface area (Å²) >= 11 is 0. The number of hydrogen-bond acceptors (Lipinski definition) is 7. The number of nitrogens with two attached hydrogens (primary N) is 2. The molecule has 5 rings (SSSR count). The maximum atomic E-state index is 12.4. The minimum atomic E-state index is -0.719. The maximum absolute atomic E-state index is 12.4. The molecule has 0 saturated heterocycles. The Morgan fingerprint density at radius 3 is 2.62 bits per heavy atom. The number of aromatic nitrogens is 5. The van der Waals surface area contributed by atoms with E-state index in [0.717, 1.165) is 5.56 Å². The standard InChI is InChI=1S/C25H19N7O2/c1-13-3-8-19(33)14(2)22(13)32-23(26)20(24(27)34)21-25(32)31-17-7-5-15(11-18(17)30-21)4-6-16-12-28-9-10-29-16/h3,5,7-12,33H,26H2,1-2H3,(H2,27,34). The molecule has 0 radical (unpaired) electrons. The zero-order chi connectivity index (χ0) is 24.0. The van der Waals surface area contributed by atoms with Gasteiger partial charge in [-0.1, -0.05) is 12.0 Å². The van der Waals surface area contributed by atoms with Crippen LogP contribution in [0.5, 0.6) is 5.75 Å². The molecular weight excluding hydrogens is 430 g/mol. The second-order valence-electron chi connectivity index (χ2n) is 7.78. The van der Waals surface area contributed by atoms with E-state index in [0.29, 0.717) is 39.2 Å². The van der Waals surface area contributed by atoms with Crippen LogP contribution < -0.4 is 11.5 Å². The largest absolute Gasteiger partial charge is 0.508 e. The predicted molar refractivity (Wildman–Crippen MR) is 128 cm³/mol. The summed E-state index contributed by atoms with van der Waals surface area (Å²) in [5.41, 5.74) is 17.2. The molecule has 0 fully saturated rings. The molecular formula is C25H19N7O2. The summed E-state index contributed by atoms with van der Waals surface area (Å²) in [6.07, 6.45) is 4.73. The Balaban J connectivity index is 1.76. The van der Waals surface area contributed by atoms with Crippen molar-refractivity contribution in [3.8, 4) is 23.3 Å². The van der Waals surface area contributed by atoms with Crippen LogP contribution in [0.3, 0.4) is 0 Å². The van der Waals surface area contributed by atoms with Gasteiger partial charge < -0.3 is 16.6 Å². The normalized spacial score (nSPS) is 10.9. The number of phenols is 1. The van der Waals surface area contributed by atoms with E-state index in [-0.39, 0.29) is 22.6 Å². The van der Waals surface area contributed by atoms with Crippen molar-refractivity contribution in [2.75, 3.05) is 5.73 Å². The first-order valence-electron chi connectivity index (χ1n) is 10.3. The third kappa shape index (κ3) is 3.34. The average molecular weight is 449 g/mol. The van der Waals surface area contributed by atoms with Gasteiger partial charge in [-0.25, -0.2) is 15.0 Å². The lowest BCUT2D eigenvalue weighted by Crippen LogP contribution is -2.14. The summed E-state index contributed by atoms with van der Waals surface area (Å²) in [6.45, 7) is 3.65. The molecule has 0 bridgehead atoms. The van der Waals surface area contributed by atoms with Crippen molar-refractivity contribution in [3.63, 3.8) is 0 Å². The van der Waals surface area contributed by atoms with Crippen molar-refractivity contribution < 1.29 is 9.90 Å². The van der Waals surface area contributed by atoms with Crippen LogP contribution in [0.15, 0.2) is 48.9 Å². The highest BCUT2D eigenvalue weighted by Gasteiger charge is 2.25. The number of phenolic OH excluding ortho intramolecular Hbond substituents is 1. The van der Waals surface area contributed by atoms with Crippen molar-refractivity contribution in [3.05, 3.63) is 76.9 Å². The van der Waals surface area contributed by atoms with Crippen molar-refractivity contribution in [1.82, 2.24) is 24.5 Å². The molecule has 34 heavy (non-hydrogen) atoms. The first kappa shape index (κ1) is 20.9. The molecule has 0 aliphatic heterocycles. The van der Waals surface area contributed by atoms with Crippen molar-refractivity contribution in [2.45, 2.75) is 13.8 Å². The van der Waals surface area contributed by atoms with Gasteiger partial charge in [0.1, 0.15) is 28.3 Å². The number of rotatable bonds is 2. The monoisotopic (exact) mass is 449 g/mol. The summed E-state index contributed by atoms with van der Waals surface area (Å²) in [7, 11) is 0. The van der Waals surface area contributed by atoms with E-state index < -0.39 is 5.91 Å². The molecule has 0 spiro atoms. The zero-order valence-electron chi connectivity index (χ0n) is 18.4. The minimum Gasteiger partial charge on any atom is -0.508 e. The number of primary amides is 1. The van der Waals surface area contributed by atoms with E-state index in [2.05, 4.69) is 26.8 Å². The lowest BCUT2D eigenvalue weighted by Gasteiger charge is -2.15. The lowest BCUT2D eigenvalue weighted by atomic mass is 10.1. The number of aryl methyl sites for hydroxylation is 1. The van der Waals surface area contributed by atoms with Crippen LogP contribution in [0.2, 0.25) is 0 Å². The third-order valence-corrected chi connectivity index (χ3v) is 5.56.